The molecule has 0 saturated carbocycles. The number of ether oxygens (including phenoxy) is 1. The van der Waals surface area contributed by atoms with Crippen molar-refractivity contribution in [3.8, 4) is 0 Å². The molecule has 0 aliphatic rings. The molecular weight excluding hydrogens is 231 g/mol. The number of aliphatic hydroxyl groups excluding tert-OH is 1. The van der Waals surface area contributed by atoms with Crippen LogP contribution in [0.2, 0.25) is 0 Å². The number of hydrogen-bond donors (Lipinski definition) is 1. The minimum Gasteiger partial charge on any atom is -0.385 e. The summed E-state index contributed by atoms with van der Waals surface area (Å²) in [5.74, 6) is -0.318. The second kappa shape index (κ2) is 6.30. The van der Waals surface area contributed by atoms with Gasteiger partial charge in [-0.15, -0.1) is 0 Å². The fraction of sp³-hybridized carbons (Fsp3) is 0.600. The molecule has 0 aromatic heterocycles. The first kappa shape index (κ1) is 15.1. The molecule has 1 unspecified atom stereocenters. The summed E-state index contributed by atoms with van der Waals surface area (Å²) in [4.78, 5) is 0. The lowest BCUT2D eigenvalue weighted by atomic mass is 9.85. The summed E-state index contributed by atoms with van der Waals surface area (Å²) in [6, 6.07) is 4.65. The monoisotopic (exact) mass is 254 g/mol. The first-order valence-corrected chi connectivity index (χ1v) is 6.58. The molecule has 1 N–H and O–H groups in total. The van der Waals surface area contributed by atoms with Gasteiger partial charge >= 0.3 is 0 Å². The van der Waals surface area contributed by atoms with Crippen LogP contribution < -0.4 is 0 Å². The van der Waals surface area contributed by atoms with Gasteiger partial charge in [0.2, 0.25) is 0 Å². The van der Waals surface area contributed by atoms with Crippen LogP contribution in [0, 0.1) is 12.7 Å². The molecule has 0 bridgehead atoms. The molecule has 1 aromatic carbocycles. The van der Waals surface area contributed by atoms with Crippen LogP contribution in [0.15, 0.2) is 18.2 Å². The second-order valence-corrected chi connectivity index (χ2v) is 4.67. The van der Waals surface area contributed by atoms with Crippen molar-refractivity contribution >= 4 is 0 Å². The second-order valence-electron chi connectivity index (χ2n) is 4.67. The number of benzene rings is 1. The highest BCUT2D eigenvalue weighted by Crippen LogP contribution is 2.35. The molecule has 0 heterocycles. The predicted octanol–water partition coefficient (Wildman–Crippen LogP) is 3.76. The van der Waals surface area contributed by atoms with Crippen LogP contribution in [0.1, 0.15) is 50.8 Å². The largest absolute Gasteiger partial charge is 0.385 e. The van der Waals surface area contributed by atoms with Gasteiger partial charge in [-0.3, -0.25) is 0 Å². The maximum absolute atomic E-state index is 13.4. The summed E-state index contributed by atoms with van der Waals surface area (Å²) in [6.07, 6.45) is 0.573. The number of aryl methyl sites for hydroxylation is 1. The van der Waals surface area contributed by atoms with E-state index < -0.39 is 11.7 Å². The van der Waals surface area contributed by atoms with Gasteiger partial charge in [-0.1, -0.05) is 19.9 Å². The van der Waals surface area contributed by atoms with Gasteiger partial charge in [0.25, 0.3) is 0 Å². The Morgan fingerprint density at radius 3 is 2.28 bits per heavy atom. The first-order chi connectivity index (χ1) is 8.49. The van der Waals surface area contributed by atoms with Crippen molar-refractivity contribution in [1.82, 2.24) is 0 Å². The number of aliphatic hydroxyl groups is 1. The third-order valence-electron chi connectivity index (χ3n) is 3.51. The molecule has 0 saturated heterocycles. The van der Waals surface area contributed by atoms with Gasteiger partial charge in [0.1, 0.15) is 11.9 Å². The Morgan fingerprint density at radius 1 is 1.22 bits per heavy atom. The number of rotatable bonds is 6. The van der Waals surface area contributed by atoms with Gasteiger partial charge in [0.15, 0.2) is 0 Å². The van der Waals surface area contributed by atoms with Crippen LogP contribution in [0.4, 0.5) is 4.39 Å². The van der Waals surface area contributed by atoms with E-state index in [1.165, 1.54) is 12.1 Å². The van der Waals surface area contributed by atoms with Crippen LogP contribution in [-0.4, -0.2) is 17.3 Å². The lowest BCUT2D eigenvalue weighted by Crippen LogP contribution is -2.38. The molecule has 0 spiro atoms. The molecule has 2 nitrogen and oxygen atoms in total. The molecule has 0 aliphatic carbocycles. The average Bonchev–Trinajstić information content (AvgIpc) is 2.34. The van der Waals surface area contributed by atoms with Gasteiger partial charge in [-0.2, -0.15) is 0 Å². The molecule has 0 radical (unpaired) electrons. The highest BCUT2D eigenvalue weighted by atomic mass is 19.1. The quantitative estimate of drug-likeness (QED) is 0.837. The lowest BCUT2D eigenvalue weighted by Gasteiger charge is -2.36. The van der Waals surface area contributed by atoms with Crippen LogP contribution in [0.25, 0.3) is 0 Å². The van der Waals surface area contributed by atoms with Crippen molar-refractivity contribution in [2.24, 2.45) is 0 Å². The molecule has 0 fully saturated rings. The SMILES string of the molecule is CCOC(CC)(CC)C(O)c1cc(C)cc(F)c1. The maximum atomic E-state index is 13.4. The van der Waals surface area contributed by atoms with Crippen molar-refractivity contribution in [1.29, 1.82) is 0 Å². The summed E-state index contributed by atoms with van der Waals surface area (Å²) in [7, 11) is 0. The van der Waals surface area contributed by atoms with Gasteiger partial charge in [0, 0.05) is 6.61 Å². The summed E-state index contributed by atoms with van der Waals surface area (Å²) < 4.78 is 19.2. The summed E-state index contributed by atoms with van der Waals surface area (Å²) in [5, 5.41) is 10.5. The Morgan fingerprint density at radius 2 is 1.83 bits per heavy atom. The minimum atomic E-state index is -0.804. The Bertz CT molecular complexity index is 366. The van der Waals surface area contributed by atoms with Crippen molar-refractivity contribution in [3.05, 3.63) is 35.1 Å². The zero-order chi connectivity index (χ0) is 13.8. The fourth-order valence-electron chi connectivity index (χ4n) is 2.43. The van der Waals surface area contributed by atoms with E-state index in [0.29, 0.717) is 25.0 Å². The first-order valence-electron chi connectivity index (χ1n) is 6.58. The van der Waals surface area contributed by atoms with E-state index in [2.05, 4.69) is 0 Å². The van der Waals surface area contributed by atoms with E-state index in [1.807, 2.05) is 33.8 Å². The van der Waals surface area contributed by atoms with E-state index in [4.69, 9.17) is 4.74 Å². The molecule has 18 heavy (non-hydrogen) atoms. The Labute approximate surface area is 109 Å². The highest BCUT2D eigenvalue weighted by Gasteiger charge is 2.36. The highest BCUT2D eigenvalue weighted by molar-refractivity contribution is 5.27. The van der Waals surface area contributed by atoms with Gasteiger partial charge < -0.3 is 9.84 Å². The Kier molecular flexibility index (Phi) is 5.29. The molecule has 0 amide bonds. The van der Waals surface area contributed by atoms with Crippen LogP contribution in [-0.2, 0) is 4.74 Å². The number of halogens is 1. The molecule has 1 rings (SSSR count). The fourth-order valence-corrected chi connectivity index (χ4v) is 2.43. The number of hydrogen-bond acceptors (Lipinski definition) is 2. The van der Waals surface area contributed by atoms with E-state index in [0.717, 1.165) is 5.56 Å². The molecule has 0 aliphatic heterocycles. The van der Waals surface area contributed by atoms with Gasteiger partial charge in [0.05, 0.1) is 5.60 Å². The zero-order valence-corrected chi connectivity index (χ0v) is 11.7. The Hall–Kier alpha value is -0.930. The molecule has 1 aromatic rings. The molecule has 1 atom stereocenters. The van der Waals surface area contributed by atoms with Crippen molar-refractivity contribution in [3.63, 3.8) is 0 Å². The van der Waals surface area contributed by atoms with E-state index in [9.17, 15) is 9.50 Å². The van der Waals surface area contributed by atoms with Crippen LogP contribution in [0.3, 0.4) is 0 Å². The van der Waals surface area contributed by atoms with Crippen molar-refractivity contribution in [2.75, 3.05) is 6.61 Å². The van der Waals surface area contributed by atoms with E-state index in [1.54, 1.807) is 0 Å². The summed E-state index contributed by atoms with van der Waals surface area (Å²) >= 11 is 0. The minimum absolute atomic E-state index is 0.318. The van der Waals surface area contributed by atoms with E-state index >= 15 is 0 Å². The average molecular weight is 254 g/mol. The molecule has 102 valence electrons. The maximum Gasteiger partial charge on any atom is 0.123 e. The van der Waals surface area contributed by atoms with Gasteiger partial charge in [-0.05, 0) is 49.9 Å². The van der Waals surface area contributed by atoms with Crippen LogP contribution in [0.5, 0.6) is 0 Å². The summed E-state index contributed by atoms with van der Waals surface area (Å²) in [6.45, 7) is 8.22. The smallest absolute Gasteiger partial charge is 0.123 e. The third kappa shape index (κ3) is 3.09. The van der Waals surface area contributed by atoms with Gasteiger partial charge in [-0.25, -0.2) is 4.39 Å². The molecule has 3 heteroatoms. The van der Waals surface area contributed by atoms with E-state index in [-0.39, 0.29) is 5.82 Å². The molecular formula is C15H23FO2. The standard InChI is InChI=1S/C15H23FO2/c1-5-15(6-2,18-7-3)14(17)12-8-11(4)9-13(16)10-12/h8-10,14,17H,5-7H2,1-4H3. The predicted molar refractivity (Wildman–Crippen MR) is 71.0 cm³/mol. The zero-order valence-electron chi connectivity index (χ0n) is 11.7. The lowest BCUT2D eigenvalue weighted by molar-refractivity contribution is -0.127. The normalized spacial score (nSPS) is 13.7. The topological polar surface area (TPSA) is 29.5 Å². The Balaban J connectivity index is 3.12. The third-order valence-corrected chi connectivity index (χ3v) is 3.51. The van der Waals surface area contributed by atoms with Crippen molar-refractivity contribution < 1.29 is 14.2 Å². The van der Waals surface area contributed by atoms with Crippen LogP contribution >= 0.6 is 0 Å². The van der Waals surface area contributed by atoms with Crippen molar-refractivity contribution in [2.45, 2.75) is 52.2 Å². The summed E-state index contributed by atoms with van der Waals surface area (Å²) in [5.41, 5.74) is 0.765.